The number of hydrogen-bond donors (Lipinski definition) is 1. The van der Waals surface area contributed by atoms with E-state index in [1.165, 1.54) is 16.8 Å². The van der Waals surface area contributed by atoms with Gasteiger partial charge in [0.15, 0.2) is 9.84 Å². The molecule has 3 heterocycles. The van der Waals surface area contributed by atoms with Gasteiger partial charge in [0.1, 0.15) is 12.4 Å². The molecule has 1 N–H and O–H groups in total. The van der Waals surface area contributed by atoms with Crippen LogP contribution in [0.3, 0.4) is 0 Å². The van der Waals surface area contributed by atoms with Gasteiger partial charge in [0, 0.05) is 10.6 Å². The lowest BCUT2D eigenvalue weighted by Gasteiger charge is -2.15. The maximum atomic E-state index is 12.8. The van der Waals surface area contributed by atoms with E-state index in [9.17, 15) is 22.8 Å². The lowest BCUT2D eigenvalue weighted by atomic mass is 10.1. The molecule has 162 valence electrons. The van der Waals surface area contributed by atoms with Crippen LogP contribution in [0.5, 0.6) is 0 Å². The van der Waals surface area contributed by atoms with Gasteiger partial charge in [-0.05, 0) is 30.3 Å². The molecule has 0 unspecified atom stereocenters. The molecule has 0 saturated heterocycles. The van der Waals surface area contributed by atoms with Gasteiger partial charge < -0.3 is 5.32 Å². The second kappa shape index (κ2) is 7.28. The lowest BCUT2D eigenvalue weighted by molar-refractivity contribution is -0.116. The minimum absolute atomic E-state index is 0.171. The van der Waals surface area contributed by atoms with Crippen molar-refractivity contribution in [2.75, 3.05) is 11.9 Å². The van der Waals surface area contributed by atoms with E-state index in [2.05, 4.69) is 10.4 Å². The first kappa shape index (κ1) is 20.4. The maximum absolute atomic E-state index is 12.8. The normalized spacial score (nSPS) is 16.2. The zero-order valence-corrected chi connectivity index (χ0v) is 18.0. The van der Waals surface area contributed by atoms with Gasteiger partial charge in [0.05, 0.1) is 34.0 Å². The van der Waals surface area contributed by atoms with Crippen molar-refractivity contribution in [1.29, 1.82) is 0 Å². The molecule has 5 rings (SSSR count). The fraction of sp³-hybridized carbons (Fsp3) is 0.143. The van der Waals surface area contributed by atoms with Gasteiger partial charge in [-0.2, -0.15) is 5.10 Å². The molecular weight excluding hydrogens is 456 g/mol. The third-order valence-electron chi connectivity index (χ3n) is 5.28. The first-order valence-electron chi connectivity index (χ1n) is 9.56. The fourth-order valence-corrected chi connectivity index (χ4v) is 5.54. The summed E-state index contributed by atoms with van der Waals surface area (Å²) in [5.41, 5.74) is 1.71. The number of hydrogen-bond acceptors (Lipinski definition) is 6. The molecule has 2 aliphatic heterocycles. The van der Waals surface area contributed by atoms with Crippen LogP contribution < -0.4 is 5.32 Å². The molecule has 0 bridgehead atoms. The van der Waals surface area contributed by atoms with Crippen LogP contribution >= 0.6 is 11.6 Å². The Balaban J connectivity index is 1.46. The highest BCUT2D eigenvalue weighted by Crippen LogP contribution is 2.33. The van der Waals surface area contributed by atoms with Crippen LogP contribution in [0.25, 0.3) is 5.69 Å². The van der Waals surface area contributed by atoms with Crippen LogP contribution in [0.1, 0.15) is 32.0 Å². The highest BCUT2D eigenvalue weighted by molar-refractivity contribution is 7.90. The quantitative estimate of drug-likeness (QED) is 0.584. The van der Waals surface area contributed by atoms with E-state index < -0.39 is 34.1 Å². The first-order chi connectivity index (χ1) is 15.2. The van der Waals surface area contributed by atoms with Crippen molar-refractivity contribution in [2.24, 2.45) is 0 Å². The van der Waals surface area contributed by atoms with Crippen molar-refractivity contribution >= 4 is 45.0 Å². The SMILES string of the molecule is O=C(CN1C(=O)c2ccccc2C1=O)Nc1c2c(nn1-c1cccc(Cl)c1)CS(=O)(=O)C2. The van der Waals surface area contributed by atoms with Crippen LogP contribution in [0.15, 0.2) is 48.5 Å². The molecular formula is C21H15ClN4O5S. The molecule has 11 heteroatoms. The summed E-state index contributed by atoms with van der Waals surface area (Å²) in [6.45, 7) is -0.519. The van der Waals surface area contributed by atoms with E-state index in [4.69, 9.17) is 11.6 Å². The van der Waals surface area contributed by atoms with Gasteiger partial charge in [0.2, 0.25) is 5.91 Å². The maximum Gasteiger partial charge on any atom is 0.262 e. The van der Waals surface area contributed by atoms with Crippen molar-refractivity contribution in [3.63, 3.8) is 0 Å². The van der Waals surface area contributed by atoms with Crippen molar-refractivity contribution in [3.8, 4) is 5.69 Å². The predicted octanol–water partition coefficient (Wildman–Crippen LogP) is 2.19. The Morgan fingerprint density at radius 2 is 1.72 bits per heavy atom. The zero-order chi connectivity index (χ0) is 22.6. The van der Waals surface area contributed by atoms with Gasteiger partial charge in [-0.25, -0.2) is 13.1 Å². The summed E-state index contributed by atoms with van der Waals surface area (Å²) >= 11 is 6.08. The average molecular weight is 471 g/mol. The highest BCUT2D eigenvalue weighted by Gasteiger charge is 2.37. The van der Waals surface area contributed by atoms with Gasteiger partial charge in [0.25, 0.3) is 11.8 Å². The number of imide groups is 1. The molecule has 32 heavy (non-hydrogen) atoms. The Morgan fingerprint density at radius 3 is 2.38 bits per heavy atom. The van der Waals surface area contributed by atoms with Crippen molar-refractivity contribution < 1.29 is 22.8 Å². The summed E-state index contributed by atoms with van der Waals surface area (Å²) < 4.78 is 25.6. The molecule has 0 aliphatic carbocycles. The molecule has 3 amide bonds. The number of amides is 3. The molecule has 2 aliphatic rings. The van der Waals surface area contributed by atoms with Gasteiger partial charge in [-0.15, -0.1) is 0 Å². The first-order valence-corrected chi connectivity index (χ1v) is 11.8. The molecule has 0 fully saturated rings. The summed E-state index contributed by atoms with van der Waals surface area (Å²) in [4.78, 5) is 38.8. The molecule has 9 nitrogen and oxygen atoms in total. The third kappa shape index (κ3) is 3.37. The van der Waals surface area contributed by atoms with Gasteiger partial charge in [-0.3, -0.25) is 19.3 Å². The number of sulfone groups is 1. The van der Waals surface area contributed by atoms with Crippen LogP contribution in [0.4, 0.5) is 5.82 Å². The summed E-state index contributed by atoms with van der Waals surface area (Å²) in [5, 5.41) is 7.45. The van der Waals surface area contributed by atoms with Crippen LogP contribution in [-0.4, -0.2) is 47.4 Å². The Kier molecular flexibility index (Phi) is 4.64. The number of nitrogens with zero attached hydrogens (tertiary/aromatic N) is 3. The smallest absolute Gasteiger partial charge is 0.262 e. The average Bonchev–Trinajstić information content (AvgIpc) is 3.31. The van der Waals surface area contributed by atoms with Gasteiger partial charge >= 0.3 is 0 Å². The number of rotatable bonds is 4. The summed E-state index contributed by atoms with van der Waals surface area (Å²) in [6.07, 6.45) is 0. The van der Waals surface area contributed by atoms with Crippen molar-refractivity contribution in [2.45, 2.75) is 11.5 Å². The predicted molar refractivity (Wildman–Crippen MR) is 115 cm³/mol. The van der Waals surface area contributed by atoms with Crippen LogP contribution in [-0.2, 0) is 26.1 Å². The van der Waals surface area contributed by atoms with E-state index in [0.29, 0.717) is 22.0 Å². The fourth-order valence-electron chi connectivity index (χ4n) is 3.86. The highest BCUT2D eigenvalue weighted by atomic mass is 35.5. The van der Waals surface area contributed by atoms with E-state index in [0.717, 1.165) is 4.90 Å². The zero-order valence-electron chi connectivity index (χ0n) is 16.4. The molecule has 0 atom stereocenters. The Bertz CT molecular complexity index is 1390. The van der Waals surface area contributed by atoms with Crippen molar-refractivity contribution in [3.05, 3.63) is 75.9 Å². The van der Waals surface area contributed by atoms with E-state index in [1.54, 1.807) is 36.4 Å². The second-order valence-electron chi connectivity index (χ2n) is 7.49. The number of anilines is 1. The number of fused-ring (bicyclic) bond motifs is 2. The number of halogens is 1. The summed E-state index contributed by atoms with van der Waals surface area (Å²) in [7, 11) is -3.38. The number of aromatic nitrogens is 2. The second-order valence-corrected chi connectivity index (χ2v) is 9.99. The minimum atomic E-state index is -3.38. The number of benzene rings is 2. The van der Waals surface area contributed by atoms with Crippen LogP contribution in [0, 0.1) is 0 Å². The minimum Gasteiger partial charge on any atom is -0.309 e. The third-order valence-corrected chi connectivity index (χ3v) is 6.95. The molecule has 0 saturated carbocycles. The van der Waals surface area contributed by atoms with E-state index in [1.807, 2.05) is 0 Å². The monoisotopic (exact) mass is 470 g/mol. The number of nitrogens with one attached hydrogen (secondary N) is 1. The largest absolute Gasteiger partial charge is 0.309 e. The standard InChI is InChI=1S/C21H15ClN4O5S/c22-12-4-3-5-13(8-12)26-19(16-10-32(30,31)11-17(16)24-26)23-18(27)9-25-20(28)14-6-1-2-7-15(14)21(25)29/h1-8H,9-11H2,(H,23,27). The van der Waals surface area contributed by atoms with Gasteiger partial charge in [-0.1, -0.05) is 29.8 Å². The molecule has 2 aromatic carbocycles. The molecule has 3 aromatic rings. The Labute approximate surface area is 187 Å². The Hall–Kier alpha value is -3.50. The summed E-state index contributed by atoms with van der Waals surface area (Å²) in [6, 6.07) is 13.0. The molecule has 0 spiro atoms. The molecule has 0 radical (unpaired) electrons. The van der Waals surface area contributed by atoms with Crippen molar-refractivity contribution in [1.82, 2.24) is 14.7 Å². The number of carbonyl (C=O) groups is 3. The topological polar surface area (TPSA) is 118 Å². The van der Waals surface area contributed by atoms with E-state index >= 15 is 0 Å². The lowest BCUT2D eigenvalue weighted by Crippen LogP contribution is -2.37. The summed E-state index contributed by atoms with van der Waals surface area (Å²) in [5.74, 6) is -2.11. The molecule has 1 aromatic heterocycles. The number of carbonyl (C=O) groups excluding carboxylic acids is 3. The van der Waals surface area contributed by atoms with E-state index in [-0.39, 0.29) is 28.5 Å². The Morgan fingerprint density at radius 1 is 1.03 bits per heavy atom. The van der Waals surface area contributed by atoms with Crippen LogP contribution in [0.2, 0.25) is 5.02 Å².